The van der Waals surface area contributed by atoms with Gasteiger partial charge in [0, 0.05) is 13.2 Å². The molecule has 0 aliphatic heterocycles. The molecule has 0 unspecified atom stereocenters. The molecule has 0 heterocycles. The molecule has 0 aromatic heterocycles. The Morgan fingerprint density at radius 2 is 0.944 bits per heavy atom. The van der Waals surface area contributed by atoms with Gasteiger partial charge in [0.15, 0.2) is 46.5 Å². The van der Waals surface area contributed by atoms with E-state index in [1.807, 2.05) is 0 Å². The van der Waals surface area contributed by atoms with Crippen molar-refractivity contribution in [2.75, 3.05) is 13.2 Å². The summed E-state index contributed by atoms with van der Waals surface area (Å²) >= 11 is 0. The van der Waals surface area contributed by atoms with Crippen molar-refractivity contribution in [3.8, 4) is 0 Å². The largest absolute Gasteiger partial charge is 0.422 e. The lowest BCUT2D eigenvalue weighted by Crippen LogP contribution is -2.68. The minimum absolute atomic E-state index is 0.908. The van der Waals surface area contributed by atoms with Crippen LogP contribution in [0, 0.1) is 46.5 Å². The van der Waals surface area contributed by atoms with E-state index < -0.39 is 108 Å². The summed E-state index contributed by atoms with van der Waals surface area (Å²) in [7, 11) is -6.17. The molecule has 0 radical (unpaired) electrons. The van der Waals surface area contributed by atoms with Crippen molar-refractivity contribution in [3.05, 3.63) is 63.7 Å². The lowest BCUT2D eigenvalue weighted by atomic mass is 10.1. The minimum atomic E-state index is -6.17. The normalized spacial score (nSPS) is 12.3. The Bertz CT molecular complexity index is 1160. The Morgan fingerprint density at radius 1 is 0.611 bits per heavy atom. The number of rotatable bonds is 7. The van der Waals surface area contributed by atoms with Gasteiger partial charge in [-0.05, 0) is 13.8 Å². The number of benzene rings is 2. The summed E-state index contributed by atoms with van der Waals surface area (Å²) in [5.41, 5.74) is -5.70. The van der Waals surface area contributed by atoms with E-state index in [9.17, 15) is 61.5 Å². The molecule has 0 fully saturated rings. The van der Waals surface area contributed by atoms with Crippen molar-refractivity contribution in [2.24, 2.45) is 0 Å². The maximum absolute atomic E-state index is 14.9. The van der Waals surface area contributed by atoms with Crippen LogP contribution in [-0.2, 0) is 15.0 Å². The van der Waals surface area contributed by atoms with E-state index in [4.69, 9.17) is 8.85 Å². The van der Waals surface area contributed by atoms with E-state index in [0.29, 0.717) is 0 Å². The molecule has 0 amide bonds. The molecule has 36 heavy (non-hydrogen) atoms. The summed E-state index contributed by atoms with van der Waals surface area (Å²) in [5.74, 6) is -26.7. The molecule has 200 valence electrons. The Kier molecular flexibility index (Phi) is 8.52. The van der Waals surface area contributed by atoms with Crippen molar-refractivity contribution < 1.29 is 70.3 Å². The first-order chi connectivity index (χ1) is 16.5. The van der Waals surface area contributed by atoms with Gasteiger partial charge < -0.3 is 8.85 Å². The summed E-state index contributed by atoms with van der Waals surface area (Å²) in [6.45, 7) is -0.0878. The number of hydrogen-bond donors (Lipinski definition) is 0. The van der Waals surface area contributed by atoms with E-state index in [1.54, 1.807) is 0 Å². The third-order valence-electron chi connectivity index (χ3n) is 4.55. The van der Waals surface area contributed by atoms with Crippen molar-refractivity contribution >= 4 is 24.8 Å². The first kappa shape index (κ1) is 29.6. The molecule has 0 aliphatic rings. The van der Waals surface area contributed by atoms with Crippen LogP contribution in [0.1, 0.15) is 25.0 Å². The minimum Gasteiger partial charge on any atom is -0.388 e. The molecular weight excluding hydrogens is 554 g/mol. The molecule has 2 nitrogen and oxygen atoms in total. The van der Waals surface area contributed by atoms with E-state index in [0.717, 1.165) is 13.8 Å². The van der Waals surface area contributed by atoms with Gasteiger partial charge in [-0.2, -0.15) is 22.0 Å². The summed E-state index contributed by atoms with van der Waals surface area (Å²) in [6.07, 6.45) is -9.48. The zero-order valence-electron chi connectivity index (χ0n) is 17.5. The van der Waals surface area contributed by atoms with E-state index in [2.05, 4.69) is 0 Å². The molecule has 0 saturated heterocycles. The highest BCUT2D eigenvalue weighted by Gasteiger charge is 2.56. The van der Waals surface area contributed by atoms with E-state index in [-0.39, 0.29) is 0 Å². The van der Waals surface area contributed by atoms with Crippen LogP contribution in [0.5, 0.6) is 0 Å². The lowest BCUT2D eigenvalue weighted by Gasteiger charge is -2.32. The Morgan fingerprint density at radius 3 is 1.22 bits per heavy atom. The molecule has 2 rings (SSSR count). The molecule has 2 aromatic rings. The SMILES string of the molecule is CCO[Si](OCC)(c1c(F)c(F)c(C(F)=C(F)F)c(F)c1F)c1c(F)c(F)c(C(F)(F)F)c(F)c1F. The molecule has 0 aliphatic carbocycles. The highest BCUT2D eigenvalue weighted by molar-refractivity contribution is 6.92. The van der Waals surface area contributed by atoms with Crippen molar-refractivity contribution in [1.29, 1.82) is 0 Å². The maximum Gasteiger partial charge on any atom is 0.422 e. The van der Waals surface area contributed by atoms with Gasteiger partial charge >= 0.3 is 20.8 Å². The van der Waals surface area contributed by atoms with Gasteiger partial charge in [-0.1, -0.05) is 0 Å². The molecule has 0 bridgehead atoms. The second kappa shape index (κ2) is 10.4. The Balaban J connectivity index is 3.21. The molecule has 2 aromatic carbocycles. The van der Waals surface area contributed by atoms with Crippen LogP contribution >= 0.6 is 0 Å². The van der Waals surface area contributed by atoms with Gasteiger partial charge in [0.05, 0.1) is 15.9 Å². The smallest absolute Gasteiger partial charge is 0.388 e. The third-order valence-corrected chi connectivity index (χ3v) is 8.13. The van der Waals surface area contributed by atoms with Gasteiger partial charge in [-0.3, -0.25) is 0 Å². The van der Waals surface area contributed by atoms with Gasteiger partial charge in [-0.25, -0.2) is 39.5 Å². The van der Waals surface area contributed by atoms with Crippen molar-refractivity contribution in [1.82, 2.24) is 0 Å². The molecule has 0 atom stereocenters. The molecule has 0 spiro atoms. The van der Waals surface area contributed by atoms with Crippen LogP contribution in [0.3, 0.4) is 0 Å². The predicted octanol–water partition coefficient (Wildman–Crippen LogP) is 5.98. The maximum atomic E-state index is 14.9. The first-order valence-electron chi connectivity index (χ1n) is 9.30. The lowest BCUT2D eigenvalue weighted by molar-refractivity contribution is -0.143. The fourth-order valence-electron chi connectivity index (χ4n) is 3.24. The number of hydrogen-bond acceptors (Lipinski definition) is 2. The topological polar surface area (TPSA) is 18.5 Å². The summed E-state index contributed by atoms with van der Waals surface area (Å²) in [6, 6.07) is 0. The van der Waals surface area contributed by atoms with Crippen LogP contribution in [0.25, 0.3) is 5.83 Å². The van der Waals surface area contributed by atoms with Crippen LogP contribution in [0.15, 0.2) is 6.08 Å². The van der Waals surface area contributed by atoms with Gasteiger partial charge in [0.2, 0.25) is 5.83 Å². The zero-order chi connectivity index (χ0) is 27.9. The van der Waals surface area contributed by atoms with Gasteiger partial charge in [-0.15, -0.1) is 0 Å². The van der Waals surface area contributed by atoms with Crippen molar-refractivity contribution in [3.63, 3.8) is 0 Å². The average Bonchev–Trinajstić information content (AvgIpc) is 2.76. The van der Waals surface area contributed by atoms with Gasteiger partial charge in [0.1, 0.15) is 5.56 Å². The third kappa shape index (κ3) is 4.58. The second-order valence-corrected chi connectivity index (χ2v) is 9.38. The summed E-state index contributed by atoms with van der Waals surface area (Å²) in [4.78, 5) is 0. The molecule has 0 saturated carbocycles. The first-order valence-corrected chi connectivity index (χ1v) is 11.1. The molecule has 0 N–H and O–H groups in total. The standard InChI is InChI=1S/C19H10F14O2Si/c1-3-34-36(35-4-2,17-14(27)10(23)6(19(31,32)33)11(24)15(17)28)16-12(25)7(20)5(8(21)13(16)26)9(22)18(29)30/h3-4H2,1-2H3. The summed E-state index contributed by atoms with van der Waals surface area (Å²) in [5, 5.41) is -4.61. The van der Waals surface area contributed by atoms with E-state index >= 15 is 0 Å². The quantitative estimate of drug-likeness (QED) is 0.234. The number of alkyl halides is 3. The van der Waals surface area contributed by atoms with Gasteiger partial charge in [0.25, 0.3) is 0 Å². The monoisotopic (exact) mass is 564 g/mol. The average molecular weight is 564 g/mol. The number of halogens is 14. The van der Waals surface area contributed by atoms with Crippen LogP contribution < -0.4 is 10.4 Å². The van der Waals surface area contributed by atoms with Crippen LogP contribution in [0.4, 0.5) is 61.5 Å². The van der Waals surface area contributed by atoms with E-state index in [1.165, 1.54) is 0 Å². The zero-order valence-corrected chi connectivity index (χ0v) is 18.5. The van der Waals surface area contributed by atoms with Crippen LogP contribution in [-0.4, -0.2) is 21.8 Å². The summed E-state index contributed by atoms with van der Waals surface area (Å²) < 4.78 is 204. The predicted molar refractivity (Wildman–Crippen MR) is 96.1 cm³/mol. The van der Waals surface area contributed by atoms with Crippen molar-refractivity contribution in [2.45, 2.75) is 20.0 Å². The Labute approximate surface area is 193 Å². The molecule has 17 heteroatoms. The second-order valence-electron chi connectivity index (χ2n) is 6.57. The van der Waals surface area contributed by atoms with Crippen LogP contribution in [0.2, 0.25) is 0 Å². The molecular formula is C19H10F14O2Si. The highest BCUT2D eigenvalue weighted by atomic mass is 28.4. The fourth-order valence-corrected chi connectivity index (χ4v) is 6.56. The Hall–Kier alpha value is -2.66. The fraction of sp³-hybridized carbons (Fsp3) is 0.263. The highest BCUT2D eigenvalue weighted by Crippen LogP contribution is 2.36.